The first-order valence-corrected chi connectivity index (χ1v) is 5.51. The Morgan fingerprint density at radius 1 is 1.62 bits per heavy atom. The minimum atomic E-state index is 0.104. The number of carbonyl (C=O) groups is 1. The molecule has 0 bridgehead atoms. The maximum absolute atomic E-state index is 11.5. The van der Waals surface area contributed by atoms with Crippen molar-refractivity contribution in [3.63, 3.8) is 0 Å². The highest BCUT2D eigenvalue weighted by molar-refractivity contribution is 7.14. The fourth-order valence-electron chi connectivity index (χ4n) is 1.17. The van der Waals surface area contributed by atoms with Gasteiger partial charge >= 0.3 is 0 Å². The van der Waals surface area contributed by atoms with Crippen molar-refractivity contribution in [2.45, 2.75) is 32.2 Å². The zero-order valence-electron chi connectivity index (χ0n) is 7.67. The summed E-state index contributed by atoms with van der Waals surface area (Å²) in [7, 11) is 0. The van der Waals surface area contributed by atoms with Gasteiger partial charge < -0.3 is 5.32 Å². The van der Waals surface area contributed by atoms with E-state index in [1.807, 2.05) is 12.1 Å². The molecule has 0 unspecified atom stereocenters. The predicted molar refractivity (Wildman–Crippen MR) is 54.2 cm³/mol. The number of hydrogen-bond donors (Lipinski definition) is 1. The summed E-state index contributed by atoms with van der Waals surface area (Å²) >= 11 is 1.60. The quantitative estimate of drug-likeness (QED) is 0.787. The molecule has 1 aliphatic rings. The van der Waals surface area contributed by atoms with Gasteiger partial charge in [-0.1, -0.05) is 6.92 Å². The molecule has 0 atom stereocenters. The molecule has 1 aliphatic carbocycles. The number of aryl methyl sites for hydroxylation is 1. The Bertz CT molecular complexity index is 314. The van der Waals surface area contributed by atoms with Crippen molar-refractivity contribution in [3.05, 3.63) is 21.9 Å². The third-order valence-electron chi connectivity index (χ3n) is 2.15. The molecule has 1 aromatic rings. The summed E-state index contributed by atoms with van der Waals surface area (Å²) in [5.74, 6) is 0.104. The molecule has 2 nitrogen and oxygen atoms in total. The molecular weight excluding hydrogens is 182 g/mol. The smallest absolute Gasteiger partial charge is 0.261 e. The van der Waals surface area contributed by atoms with Crippen LogP contribution in [0.25, 0.3) is 0 Å². The summed E-state index contributed by atoms with van der Waals surface area (Å²) in [5, 5.41) is 2.98. The van der Waals surface area contributed by atoms with E-state index in [1.54, 1.807) is 11.3 Å². The van der Waals surface area contributed by atoms with Gasteiger partial charge in [-0.2, -0.15) is 0 Å². The highest BCUT2D eigenvalue weighted by Gasteiger charge is 2.24. The second-order valence-electron chi connectivity index (χ2n) is 3.37. The monoisotopic (exact) mass is 195 g/mol. The van der Waals surface area contributed by atoms with E-state index in [9.17, 15) is 4.79 Å². The Kier molecular flexibility index (Phi) is 2.36. The largest absolute Gasteiger partial charge is 0.349 e. The fraction of sp³-hybridized carbons (Fsp3) is 0.500. The van der Waals surface area contributed by atoms with Crippen molar-refractivity contribution < 1.29 is 4.79 Å². The summed E-state index contributed by atoms with van der Waals surface area (Å²) in [6, 6.07) is 4.41. The first kappa shape index (κ1) is 8.75. The maximum Gasteiger partial charge on any atom is 0.261 e. The fourth-order valence-corrected chi connectivity index (χ4v) is 2.02. The van der Waals surface area contributed by atoms with E-state index in [-0.39, 0.29) is 5.91 Å². The lowest BCUT2D eigenvalue weighted by Gasteiger charge is -1.98. The van der Waals surface area contributed by atoms with Crippen LogP contribution >= 0.6 is 11.3 Å². The van der Waals surface area contributed by atoms with Crippen LogP contribution in [0.5, 0.6) is 0 Å². The lowest BCUT2D eigenvalue weighted by molar-refractivity contribution is 0.0955. The Hall–Kier alpha value is -0.830. The summed E-state index contributed by atoms with van der Waals surface area (Å²) in [5.41, 5.74) is 0. The van der Waals surface area contributed by atoms with Crippen molar-refractivity contribution in [1.29, 1.82) is 0 Å². The molecule has 1 amide bonds. The van der Waals surface area contributed by atoms with Gasteiger partial charge in [-0.25, -0.2) is 0 Å². The molecule has 1 heterocycles. The average Bonchev–Trinajstić information content (AvgIpc) is 2.82. The molecule has 1 N–H and O–H groups in total. The van der Waals surface area contributed by atoms with Crippen LogP contribution < -0.4 is 5.32 Å². The molecular formula is C10H13NOS. The minimum Gasteiger partial charge on any atom is -0.349 e. The Labute approximate surface area is 82.0 Å². The van der Waals surface area contributed by atoms with Crippen LogP contribution in [0.15, 0.2) is 12.1 Å². The molecule has 0 radical (unpaired) electrons. The van der Waals surface area contributed by atoms with Crippen molar-refractivity contribution in [2.75, 3.05) is 0 Å². The van der Waals surface area contributed by atoms with E-state index >= 15 is 0 Å². The van der Waals surface area contributed by atoms with Crippen LogP contribution in [0, 0.1) is 0 Å². The molecule has 13 heavy (non-hydrogen) atoms. The van der Waals surface area contributed by atoms with E-state index in [0.29, 0.717) is 6.04 Å². The van der Waals surface area contributed by atoms with Gasteiger partial charge in [0.25, 0.3) is 5.91 Å². The average molecular weight is 195 g/mol. The standard InChI is InChI=1S/C10H13NOS/c1-2-8-5-6-9(13-8)10(12)11-7-3-4-7/h5-7H,2-4H2,1H3,(H,11,12). The van der Waals surface area contributed by atoms with Gasteiger partial charge in [-0.3, -0.25) is 4.79 Å². The number of nitrogens with one attached hydrogen (secondary N) is 1. The third-order valence-corrected chi connectivity index (χ3v) is 3.37. The SMILES string of the molecule is CCc1ccc(C(=O)NC2CC2)s1. The normalized spacial score (nSPS) is 15.8. The summed E-state index contributed by atoms with van der Waals surface area (Å²) in [4.78, 5) is 13.7. The Morgan fingerprint density at radius 2 is 2.38 bits per heavy atom. The lowest BCUT2D eigenvalue weighted by atomic mass is 10.3. The van der Waals surface area contributed by atoms with E-state index in [1.165, 1.54) is 4.88 Å². The molecule has 3 heteroatoms. The highest BCUT2D eigenvalue weighted by atomic mass is 32.1. The summed E-state index contributed by atoms with van der Waals surface area (Å²) < 4.78 is 0. The van der Waals surface area contributed by atoms with Gasteiger partial charge in [0.1, 0.15) is 0 Å². The predicted octanol–water partition coefficient (Wildman–Crippen LogP) is 2.20. The molecule has 0 aliphatic heterocycles. The van der Waals surface area contributed by atoms with Crippen LogP contribution in [0.2, 0.25) is 0 Å². The molecule has 1 fully saturated rings. The summed E-state index contributed by atoms with van der Waals surface area (Å²) in [6.07, 6.45) is 3.32. The van der Waals surface area contributed by atoms with Gasteiger partial charge in [0.15, 0.2) is 0 Å². The highest BCUT2D eigenvalue weighted by Crippen LogP contribution is 2.21. The van der Waals surface area contributed by atoms with Crippen LogP contribution in [-0.2, 0) is 6.42 Å². The number of amides is 1. The number of thiophene rings is 1. The third kappa shape index (κ3) is 2.10. The van der Waals surface area contributed by atoms with Crippen LogP contribution in [0.1, 0.15) is 34.3 Å². The van der Waals surface area contributed by atoms with Crippen molar-refractivity contribution in [1.82, 2.24) is 5.32 Å². The van der Waals surface area contributed by atoms with Crippen LogP contribution in [0.4, 0.5) is 0 Å². The lowest BCUT2D eigenvalue weighted by Crippen LogP contribution is -2.24. The van der Waals surface area contributed by atoms with E-state index < -0.39 is 0 Å². The second-order valence-corrected chi connectivity index (χ2v) is 4.54. The number of hydrogen-bond acceptors (Lipinski definition) is 2. The molecule has 70 valence electrons. The van der Waals surface area contributed by atoms with Gasteiger partial charge in [0.2, 0.25) is 0 Å². The molecule has 0 spiro atoms. The topological polar surface area (TPSA) is 29.1 Å². The minimum absolute atomic E-state index is 0.104. The zero-order valence-corrected chi connectivity index (χ0v) is 8.49. The van der Waals surface area contributed by atoms with Crippen molar-refractivity contribution >= 4 is 17.2 Å². The molecule has 0 aromatic carbocycles. The first-order valence-electron chi connectivity index (χ1n) is 4.69. The second kappa shape index (κ2) is 3.50. The van der Waals surface area contributed by atoms with Crippen molar-refractivity contribution in [3.8, 4) is 0 Å². The molecule has 1 aromatic heterocycles. The van der Waals surface area contributed by atoms with E-state index in [4.69, 9.17) is 0 Å². The van der Waals surface area contributed by atoms with Gasteiger partial charge in [0, 0.05) is 10.9 Å². The molecule has 2 rings (SSSR count). The van der Waals surface area contributed by atoms with Crippen LogP contribution in [0.3, 0.4) is 0 Å². The Morgan fingerprint density at radius 3 is 2.92 bits per heavy atom. The van der Waals surface area contributed by atoms with E-state index in [2.05, 4.69) is 12.2 Å². The van der Waals surface area contributed by atoms with E-state index in [0.717, 1.165) is 24.1 Å². The number of carbonyl (C=O) groups excluding carboxylic acids is 1. The van der Waals surface area contributed by atoms with Gasteiger partial charge in [-0.15, -0.1) is 11.3 Å². The number of rotatable bonds is 3. The first-order chi connectivity index (χ1) is 6.29. The maximum atomic E-state index is 11.5. The van der Waals surface area contributed by atoms with Gasteiger partial charge in [0.05, 0.1) is 4.88 Å². The molecule has 0 saturated heterocycles. The summed E-state index contributed by atoms with van der Waals surface area (Å²) in [6.45, 7) is 2.11. The van der Waals surface area contributed by atoms with Gasteiger partial charge in [-0.05, 0) is 31.4 Å². The molecule has 1 saturated carbocycles. The van der Waals surface area contributed by atoms with Crippen LogP contribution in [-0.4, -0.2) is 11.9 Å². The van der Waals surface area contributed by atoms with Crippen molar-refractivity contribution in [2.24, 2.45) is 0 Å². The zero-order chi connectivity index (χ0) is 9.26. The Balaban J connectivity index is 2.01.